The number of benzene rings is 1. The highest BCUT2D eigenvalue weighted by Crippen LogP contribution is 2.21. The SMILES string of the molecule is Clc1ccc(-n2nccn2)cc1C[C@@H]1COCCN1. The summed E-state index contributed by atoms with van der Waals surface area (Å²) in [6.07, 6.45) is 4.16. The molecule has 2 heterocycles. The first-order valence-electron chi connectivity index (χ1n) is 6.29. The molecule has 0 spiro atoms. The van der Waals surface area contributed by atoms with E-state index in [1.165, 1.54) is 0 Å². The minimum atomic E-state index is 0.312. The van der Waals surface area contributed by atoms with Crippen LogP contribution in [0.1, 0.15) is 5.56 Å². The fourth-order valence-corrected chi connectivity index (χ4v) is 2.40. The van der Waals surface area contributed by atoms with Gasteiger partial charge in [0.1, 0.15) is 0 Å². The number of aromatic nitrogens is 3. The lowest BCUT2D eigenvalue weighted by Crippen LogP contribution is -2.42. The van der Waals surface area contributed by atoms with E-state index in [1.807, 2.05) is 18.2 Å². The molecule has 0 bridgehead atoms. The van der Waals surface area contributed by atoms with Crippen molar-refractivity contribution in [2.75, 3.05) is 19.8 Å². The summed E-state index contributed by atoms with van der Waals surface area (Å²) in [6, 6.07) is 6.14. The highest BCUT2D eigenvalue weighted by atomic mass is 35.5. The van der Waals surface area contributed by atoms with Gasteiger partial charge in [-0.05, 0) is 30.2 Å². The average molecular weight is 279 g/mol. The van der Waals surface area contributed by atoms with E-state index in [9.17, 15) is 0 Å². The molecule has 1 N–H and O–H groups in total. The zero-order chi connectivity index (χ0) is 13.1. The van der Waals surface area contributed by atoms with E-state index >= 15 is 0 Å². The summed E-state index contributed by atoms with van der Waals surface area (Å²) in [5.74, 6) is 0. The number of nitrogens with zero attached hydrogens (tertiary/aromatic N) is 3. The Morgan fingerprint density at radius 3 is 2.95 bits per heavy atom. The second-order valence-electron chi connectivity index (χ2n) is 4.52. The van der Waals surface area contributed by atoms with E-state index in [0.717, 1.165) is 42.5 Å². The van der Waals surface area contributed by atoms with E-state index in [4.69, 9.17) is 16.3 Å². The van der Waals surface area contributed by atoms with E-state index in [0.29, 0.717) is 6.04 Å². The predicted octanol–water partition coefficient (Wildman–Crippen LogP) is 1.45. The predicted molar refractivity (Wildman–Crippen MR) is 72.7 cm³/mol. The Bertz CT molecular complexity index is 538. The highest BCUT2D eigenvalue weighted by molar-refractivity contribution is 6.31. The first-order chi connectivity index (χ1) is 9.33. The van der Waals surface area contributed by atoms with E-state index in [1.54, 1.807) is 17.2 Å². The van der Waals surface area contributed by atoms with Crippen LogP contribution in [0.2, 0.25) is 5.02 Å². The van der Waals surface area contributed by atoms with E-state index < -0.39 is 0 Å². The largest absolute Gasteiger partial charge is 0.379 e. The number of nitrogens with one attached hydrogen (secondary N) is 1. The molecule has 0 amide bonds. The number of hydrogen-bond donors (Lipinski definition) is 1. The molecule has 1 aliphatic rings. The van der Waals surface area contributed by atoms with Crippen LogP contribution in [0.15, 0.2) is 30.6 Å². The third kappa shape index (κ3) is 2.94. The van der Waals surface area contributed by atoms with Gasteiger partial charge in [0.25, 0.3) is 0 Å². The Kier molecular flexibility index (Phi) is 3.77. The fourth-order valence-electron chi connectivity index (χ4n) is 2.21. The lowest BCUT2D eigenvalue weighted by Gasteiger charge is -2.24. The third-order valence-electron chi connectivity index (χ3n) is 3.14. The molecular weight excluding hydrogens is 264 g/mol. The van der Waals surface area contributed by atoms with Gasteiger partial charge in [-0.2, -0.15) is 15.0 Å². The smallest absolute Gasteiger partial charge is 0.0860 e. The lowest BCUT2D eigenvalue weighted by molar-refractivity contribution is 0.0770. The van der Waals surface area contributed by atoms with Crippen molar-refractivity contribution < 1.29 is 4.74 Å². The van der Waals surface area contributed by atoms with Crippen LogP contribution in [0.3, 0.4) is 0 Å². The molecule has 1 aromatic heterocycles. The van der Waals surface area contributed by atoms with Crippen LogP contribution in [0, 0.1) is 0 Å². The molecule has 1 fully saturated rings. The normalized spacial score (nSPS) is 19.5. The number of halogens is 1. The van der Waals surface area contributed by atoms with Crippen molar-refractivity contribution in [2.24, 2.45) is 0 Å². The Balaban J connectivity index is 1.81. The van der Waals surface area contributed by atoms with Crippen LogP contribution in [0.5, 0.6) is 0 Å². The van der Waals surface area contributed by atoms with Crippen LogP contribution in [0.4, 0.5) is 0 Å². The van der Waals surface area contributed by atoms with E-state index in [-0.39, 0.29) is 0 Å². The summed E-state index contributed by atoms with van der Waals surface area (Å²) in [5, 5.41) is 12.4. The second kappa shape index (κ2) is 5.69. The van der Waals surface area contributed by atoms with Gasteiger partial charge in [0.05, 0.1) is 31.3 Å². The summed E-state index contributed by atoms with van der Waals surface area (Å²) >= 11 is 6.26. The zero-order valence-electron chi connectivity index (χ0n) is 10.4. The topological polar surface area (TPSA) is 52.0 Å². The van der Waals surface area contributed by atoms with Crippen molar-refractivity contribution in [3.05, 3.63) is 41.2 Å². The van der Waals surface area contributed by atoms with Crippen molar-refractivity contribution in [2.45, 2.75) is 12.5 Å². The summed E-state index contributed by atoms with van der Waals surface area (Å²) < 4.78 is 5.46. The number of hydrogen-bond acceptors (Lipinski definition) is 4. The Morgan fingerprint density at radius 2 is 2.21 bits per heavy atom. The van der Waals surface area contributed by atoms with Crippen molar-refractivity contribution >= 4 is 11.6 Å². The Labute approximate surface area is 116 Å². The summed E-state index contributed by atoms with van der Waals surface area (Å²) in [4.78, 5) is 1.59. The molecule has 19 heavy (non-hydrogen) atoms. The molecule has 0 radical (unpaired) electrons. The standard InChI is InChI=1S/C13H15ClN4O/c14-13-2-1-12(18-16-3-4-17-18)8-10(13)7-11-9-19-6-5-15-11/h1-4,8,11,15H,5-7,9H2/t11-/m1/s1. The van der Waals surface area contributed by atoms with Crippen molar-refractivity contribution in [1.82, 2.24) is 20.3 Å². The van der Waals surface area contributed by atoms with Gasteiger partial charge in [0, 0.05) is 17.6 Å². The van der Waals surface area contributed by atoms with Gasteiger partial charge in [0.2, 0.25) is 0 Å². The molecular formula is C13H15ClN4O. The monoisotopic (exact) mass is 278 g/mol. The summed E-state index contributed by atoms with van der Waals surface area (Å²) in [7, 11) is 0. The van der Waals surface area contributed by atoms with Gasteiger partial charge in [-0.1, -0.05) is 11.6 Å². The molecule has 6 heteroatoms. The molecule has 1 aromatic carbocycles. The van der Waals surface area contributed by atoms with Gasteiger partial charge in [-0.25, -0.2) is 0 Å². The molecule has 1 atom stereocenters. The molecule has 1 aliphatic heterocycles. The molecule has 0 unspecified atom stereocenters. The van der Waals surface area contributed by atoms with Crippen LogP contribution in [-0.2, 0) is 11.2 Å². The zero-order valence-corrected chi connectivity index (χ0v) is 11.2. The molecule has 0 saturated carbocycles. The second-order valence-corrected chi connectivity index (χ2v) is 4.93. The number of ether oxygens (including phenoxy) is 1. The van der Waals surface area contributed by atoms with Gasteiger partial charge >= 0.3 is 0 Å². The maximum Gasteiger partial charge on any atom is 0.0860 e. The molecule has 5 nitrogen and oxygen atoms in total. The molecule has 0 aliphatic carbocycles. The Hall–Kier alpha value is -1.43. The average Bonchev–Trinajstić information content (AvgIpc) is 2.96. The quantitative estimate of drug-likeness (QED) is 0.923. The van der Waals surface area contributed by atoms with Crippen LogP contribution in [0.25, 0.3) is 5.69 Å². The molecule has 3 rings (SSSR count). The van der Waals surface area contributed by atoms with E-state index in [2.05, 4.69) is 15.5 Å². The van der Waals surface area contributed by atoms with Crippen molar-refractivity contribution in [3.63, 3.8) is 0 Å². The minimum Gasteiger partial charge on any atom is -0.379 e. The third-order valence-corrected chi connectivity index (χ3v) is 3.51. The van der Waals surface area contributed by atoms with Gasteiger partial charge in [0.15, 0.2) is 0 Å². The van der Waals surface area contributed by atoms with Crippen molar-refractivity contribution in [1.29, 1.82) is 0 Å². The maximum atomic E-state index is 6.26. The lowest BCUT2D eigenvalue weighted by atomic mass is 10.1. The maximum absolute atomic E-state index is 6.26. The Morgan fingerprint density at radius 1 is 1.37 bits per heavy atom. The molecule has 2 aromatic rings. The van der Waals surface area contributed by atoms with Crippen molar-refractivity contribution in [3.8, 4) is 5.69 Å². The molecule has 1 saturated heterocycles. The van der Waals surface area contributed by atoms with Gasteiger partial charge in [-0.3, -0.25) is 0 Å². The highest BCUT2D eigenvalue weighted by Gasteiger charge is 2.15. The minimum absolute atomic E-state index is 0.312. The first kappa shape index (κ1) is 12.6. The van der Waals surface area contributed by atoms with Crippen LogP contribution >= 0.6 is 11.6 Å². The molecule has 100 valence electrons. The number of morpholine rings is 1. The summed E-state index contributed by atoms with van der Waals surface area (Å²) in [5.41, 5.74) is 2.00. The van der Waals surface area contributed by atoms with Crippen LogP contribution < -0.4 is 5.32 Å². The van der Waals surface area contributed by atoms with Gasteiger partial charge in [-0.15, -0.1) is 0 Å². The van der Waals surface area contributed by atoms with Crippen LogP contribution in [-0.4, -0.2) is 40.8 Å². The fraction of sp³-hybridized carbons (Fsp3) is 0.385. The first-order valence-corrected chi connectivity index (χ1v) is 6.67. The number of rotatable bonds is 3. The summed E-state index contributed by atoms with van der Waals surface area (Å²) in [6.45, 7) is 2.39. The van der Waals surface area contributed by atoms with Gasteiger partial charge < -0.3 is 10.1 Å².